The van der Waals surface area contributed by atoms with Crippen LogP contribution in [0.1, 0.15) is 34.1 Å². The van der Waals surface area contributed by atoms with Crippen molar-refractivity contribution in [3.63, 3.8) is 0 Å². The summed E-state index contributed by atoms with van der Waals surface area (Å²) in [7, 11) is -3.78. The molecule has 0 bridgehead atoms. The molecule has 1 aromatic carbocycles. The minimum Gasteiger partial charge on any atom is -0.494 e. The average molecular weight is 356 g/mol. The molecular formula is C16H25BO6S. The summed E-state index contributed by atoms with van der Waals surface area (Å²) >= 11 is 0. The lowest BCUT2D eigenvalue weighted by atomic mass is 9.79. The van der Waals surface area contributed by atoms with Crippen molar-refractivity contribution in [2.75, 3.05) is 19.5 Å². The molecule has 0 atom stereocenters. The van der Waals surface area contributed by atoms with Gasteiger partial charge in [-0.2, -0.15) is 8.42 Å². The topological polar surface area (TPSA) is 71.1 Å². The fourth-order valence-corrected chi connectivity index (χ4v) is 2.58. The van der Waals surface area contributed by atoms with E-state index in [2.05, 4.69) is 4.18 Å². The first-order valence-electron chi connectivity index (χ1n) is 7.93. The lowest BCUT2D eigenvalue weighted by molar-refractivity contribution is 0.00578. The summed E-state index contributed by atoms with van der Waals surface area (Å²) in [5, 5.41) is 0. The Morgan fingerprint density at radius 2 is 1.54 bits per heavy atom. The van der Waals surface area contributed by atoms with E-state index >= 15 is 0 Å². The molecule has 0 spiro atoms. The first-order valence-corrected chi connectivity index (χ1v) is 9.75. The van der Waals surface area contributed by atoms with Gasteiger partial charge in [-0.1, -0.05) is 12.1 Å². The second-order valence-corrected chi connectivity index (χ2v) is 8.53. The van der Waals surface area contributed by atoms with Crippen molar-refractivity contribution in [2.45, 2.75) is 45.3 Å². The Morgan fingerprint density at radius 3 is 2.04 bits per heavy atom. The van der Waals surface area contributed by atoms with Crippen LogP contribution in [0.3, 0.4) is 0 Å². The SMILES string of the molecule is CC1(C)OB(c2ccc(OCCCOS(C)(=O)=O)cc2)OC1(C)C. The molecule has 0 radical (unpaired) electrons. The zero-order chi connectivity index (χ0) is 18.0. The third-order valence-electron chi connectivity index (χ3n) is 4.26. The summed E-state index contributed by atoms with van der Waals surface area (Å²) in [6.45, 7) is 8.56. The molecule has 0 aromatic heterocycles. The summed E-state index contributed by atoms with van der Waals surface area (Å²) < 4.78 is 43.9. The van der Waals surface area contributed by atoms with E-state index in [0.29, 0.717) is 18.8 Å². The van der Waals surface area contributed by atoms with Gasteiger partial charge in [0.05, 0.1) is 30.7 Å². The van der Waals surface area contributed by atoms with Crippen molar-refractivity contribution < 1.29 is 26.6 Å². The summed E-state index contributed by atoms with van der Waals surface area (Å²) in [5.41, 5.74) is 0.195. The first kappa shape index (κ1) is 19.2. The first-order chi connectivity index (χ1) is 11.0. The third-order valence-corrected chi connectivity index (χ3v) is 4.86. The van der Waals surface area contributed by atoms with Crippen LogP contribution in [-0.2, 0) is 23.6 Å². The van der Waals surface area contributed by atoms with Gasteiger partial charge >= 0.3 is 7.12 Å². The molecule has 134 valence electrons. The summed E-state index contributed by atoms with van der Waals surface area (Å²) in [5.74, 6) is 0.703. The number of benzene rings is 1. The molecule has 0 saturated carbocycles. The summed E-state index contributed by atoms with van der Waals surface area (Å²) in [6, 6.07) is 7.50. The Labute approximate surface area is 144 Å². The maximum Gasteiger partial charge on any atom is 0.494 e. The van der Waals surface area contributed by atoms with Crippen molar-refractivity contribution in [3.05, 3.63) is 24.3 Å². The maximum absolute atomic E-state index is 10.8. The molecule has 1 aliphatic heterocycles. The van der Waals surface area contributed by atoms with Gasteiger partial charge in [-0.15, -0.1) is 0 Å². The molecule has 1 heterocycles. The highest BCUT2D eigenvalue weighted by molar-refractivity contribution is 7.85. The van der Waals surface area contributed by atoms with Gasteiger partial charge in [0.2, 0.25) is 0 Å². The molecule has 24 heavy (non-hydrogen) atoms. The van der Waals surface area contributed by atoms with E-state index < -0.39 is 17.2 Å². The van der Waals surface area contributed by atoms with Crippen LogP contribution in [0.5, 0.6) is 5.75 Å². The van der Waals surface area contributed by atoms with E-state index in [4.69, 9.17) is 14.0 Å². The van der Waals surface area contributed by atoms with Crippen molar-refractivity contribution in [1.29, 1.82) is 0 Å². The second kappa shape index (κ2) is 7.03. The van der Waals surface area contributed by atoms with E-state index in [-0.39, 0.29) is 17.8 Å². The second-order valence-electron chi connectivity index (χ2n) is 6.89. The van der Waals surface area contributed by atoms with Crippen molar-refractivity contribution in [1.82, 2.24) is 0 Å². The predicted octanol–water partition coefficient (Wildman–Crippen LogP) is 1.73. The molecule has 0 aliphatic carbocycles. The van der Waals surface area contributed by atoms with E-state index in [1.165, 1.54) is 0 Å². The quantitative estimate of drug-likeness (QED) is 0.421. The van der Waals surface area contributed by atoms with Gasteiger partial charge in [0.1, 0.15) is 5.75 Å². The van der Waals surface area contributed by atoms with Crippen molar-refractivity contribution >= 4 is 22.7 Å². The van der Waals surface area contributed by atoms with Gasteiger partial charge in [0.15, 0.2) is 0 Å². The van der Waals surface area contributed by atoms with Crippen LogP contribution < -0.4 is 10.2 Å². The number of hydrogen-bond acceptors (Lipinski definition) is 6. The van der Waals surface area contributed by atoms with Gasteiger partial charge in [0.25, 0.3) is 10.1 Å². The molecule has 0 unspecified atom stereocenters. The molecule has 2 rings (SSSR count). The fourth-order valence-electron chi connectivity index (χ4n) is 2.16. The third kappa shape index (κ3) is 4.96. The molecule has 8 heteroatoms. The lowest BCUT2D eigenvalue weighted by Gasteiger charge is -2.32. The highest BCUT2D eigenvalue weighted by Crippen LogP contribution is 2.36. The van der Waals surface area contributed by atoms with Crippen LogP contribution in [0.4, 0.5) is 0 Å². The largest absolute Gasteiger partial charge is 0.494 e. The minimum atomic E-state index is -3.39. The summed E-state index contributed by atoms with van der Waals surface area (Å²) in [6.07, 6.45) is 1.52. The van der Waals surface area contributed by atoms with Gasteiger partial charge < -0.3 is 14.0 Å². The molecule has 1 aromatic rings. The van der Waals surface area contributed by atoms with Crippen LogP contribution in [0.15, 0.2) is 24.3 Å². The molecule has 0 amide bonds. The Kier molecular flexibility index (Phi) is 5.64. The molecule has 0 N–H and O–H groups in total. The van der Waals surface area contributed by atoms with E-state index in [1.54, 1.807) is 0 Å². The van der Waals surface area contributed by atoms with Crippen LogP contribution in [0.25, 0.3) is 0 Å². The predicted molar refractivity (Wildman–Crippen MR) is 93.1 cm³/mol. The smallest absolute Gasteiger partial charge is 0.494 e. The van der Waals surface area contributed by atoms with Crippen LogP contribution in [0, 0.1) is 0 Å². The van der Waals surface area contributed by atoms with E-state index in [1.807, 2.05) is 52.0 Å². The molecule has 6 nitrogen and oxygen atoms in total. The number of ether oxygens (including phenoxy) is 1. The van der Waals surface area contributed by atoms with Crippen molar-refractivity contribution in [2.24, 2.45) is 0 Å². The van der Waals surface area contributed by atoms with Crippen LogP contribution in [0.2, 0.25) is 0 Å². The van der Waals surface area contributed by atoms with Gasteiger partial charge in [0, 0.05) is 6.42 Å². The van der Waals surface area contributed by atoms with Gasteiger partial charge in [-0.05, 0) is 45.3 Å². The maximum atomic E-state index is 10.8. The molecule has 1 saturated heterocycles. The van der Waals surface area contributed by atoms with Gasteiger partial charge in [-0.25, -0.2) is 0 Å². The average Bonchev–Trinajstić information content (AvgIpc) is 2.66. The minimum absolute atomic E-state index is 0.116. The Bertz CT molecular complexity index is 638. The highest BCUT2D eigenvalue weighted by atomic mass is 32.2. The molecule has 1 aliphatic rings. The zero-order valence-corrected chi connectivity index (χ0v) is 15.7. The van der Waals surface area contributed by atoms with E-state index in [9.17, 15) is 8.42 Å². The Balaban J connectivity index is 1.84. The normalized spacial score (nSPS) is 19.5. The standard InChI is InChI=1S/C16H25BO6S/c1-15(2)16(3,4)23-17(22-15)13-7-9-14(10-8-13)20-11-6-12-21-24(5,18)19/h7-10H,6,11-12H2,1-5H3. The summed E-state index contributed by atoms with van der Waals surface area (Å²) in [4.78, 5) is 0. The Morgan fingerprint density at radius 1 is 1.00 bits per heavy atom. The molecule has 1 fully saturated rings. The van der Waals surface area contributed by atoms with E-state index in [0.717, 1.165) is 11.7 Å². The Hall–Kier alpha value is -1.09. The molecular weight excluding hydrogens is 331 g/mol. The number of hydrogen-bond donors (Lipinski definition) is 0. The van der Waals surface area contributed by atoms with Crippen LogP contribution >= 0.6 is 0 Å². The van der Waals surface area contributed by atoms with Crippen molar-refractivity contribution in [3.8, 4) is 5.75 Å². The lowest BCUT2D eigenvalue weighted by Crippen LogP contribution is -2.41. The monoisotopic (exact) mass is 356 g/mol. The zero-order valence-electron chi connectivity index (χ0n) is 14.9. The van der Waals surface area contributed by atoms with Gasteiger partial charge in [-0.3, -0.25) is 4.18 Å². The van der Waals surface area contributed by atoms with Crippen LogP contribution in [-0.4, -0.2) is 46.2 Å². The highest BCUT2D eigenvalue weighted by Gasteiger charge is 2.51. The fraction of sp³-hybridized carbons (Fsp3) is 0.625. The number of rotatable bonds is 7.